The maximum Gasteiger partial charge on any atom is 0.449 e. The lowest BCUT2D eigenvalue weighted by atomic mass is 9.91. The van der Waals surface area contributed by atoms with Gasteiger partial charge >= 0.3 is 30.0 Å². The summed E-state index contributed by atoms with van der Waals surface area (Å²) < 4.78 is 103. The van der Waals surface area contributed by atoms with Crippen LogP contribution in [0.1, 0.15) is 6.92 Å². The minimum absolute atomic E-state index is 0.108. The molecule has 0 saturated heterocycles. The van der Waals surface area contributed by atoms with Gasteiger partial charge in [-0.1, -0.05) is 6.58 Å². The number of carbonyl (C=O) groups is 1. The lowest BCUT2D eigenvalue weighted by molar-refractivity contribution is -0.441. The molecule has 13 heteroatoms. The second-order valence-electron chi connectivity index (χ2n) is 4.57. The van der Waals surface area contributed by atoms with E-state index in [1.807, 2.05) is 0 Å². The topological polar surface area (TPSA) is 87.0 Å². The van der Waals surface area contributed by atoms with Gasteiger partial charge in [0.25, 0.3) is 0 Å². The summed E-state index contributed by atoms with van der Waals surface area (Å²) >= 11 is 0. The molecular formula is C10H10F8O5. The summed E-state index contributed by atoms with van der Waals surface area (Å²) in [6.45, 7) is 0.00356. The van der Waals surface area contributed by atoms with Gasteiger partial charge in [0.1, 0.15) is 12.2 Å². The van der Waals surface area contributed by atoms with E-state index in [0.29, 0.717) is 0 Å². The number of hydrogen-bond acceptors (Lipinski definition) is 5. The molecule has 23 heavy (non-hydrogen) atoms. The van der Waals surface area contributed by atoms with E-state index in [1.54, 1.807) is 0 Å². The Kier molecular flexibility index (Phi) is 5.49. The number of ether oxygens (including phenoxy) is 1. The Labute approximate surface area is 122 Å². The summed E-state index contributed by atoms with van der Waals surface area (Å²) in [6, 6.07) is 0. The summed E-state index contributed by atoms with van der Waals surface area (Å²) in [5.41, 5.74) is -6.25. The van der Waals surface area contributed by atoms with Gasteiger partial charge in [0, 0.05) is 0 Å². The third kappa shape index (κ3) is 4.09. The SMILES string of the molecule is C=C(C(=O)OCC(C)(O)C(F)(F)C(O)(O)C(F)(F)F)C(F)(F)F. The van der Waals surface area contributed by atoms with Crippen molar-refractivity contribution in [1.82, 2.24) is 0 Å². The average molecular weight is 362 g/mol. The Balaban J connectivity index is 5.29. The van der Waals surface area contributed by atoms with Crippen molar-refractivity contribution in [2.75, 3.05) is 6.61 Å². The number of hydrogen-bond donors (Lipinski definition) is 3. The van der Waals surface area contributed by atoms with Crippen LogP contribution >= 0.6 is 0 Å². The maximum absolute atomic E-state index is 13.5. The van der Waals surface area contributed by atoms with E-state index in [1.165, 1.54) is 0 Å². The number of rotatable bonds is 5. The molecule has 3 N–H and O–H groups in total. The smallest absolute Gasteiger partial charge is 0.449 e. The quantitative estimate of drug-likeness (QED) is 0.297. The third-order valence-corrected chi connectivity index (χ3v) is 2.58. The predicted molar refractivity (Wildman–Crippen MR) is 54.9 cm³/mol. The van der Waals surface area contributed by atoms with E-state index in [-0.39, 0.29) is 6.92 Å². The van der Waals surface area contributed by atoms with Crippen LogP contribution in [-0.4, -0.2) is 57.6 Å². The molecule has 0 fully saturated rings. The summed E-state index contributed by atoms with van der Waals surface area (Å²) in [5, 5.41) is 26.2. The van der Waals surface area contributed by atoms with Crippen molar-refractivity contribution < 1.29 is 60.0 Å². The molecule has 0 aliphatic heterocycles. The van der Waals surface area contributed by atoms with Gasteiger partial charge in [0.2, 0.25) is 0 Å². The zero-order valence-electron chi connectivity index (χ0n) is 11.1. The highest BCUT2D eigenvalue weighted by molar-refractivity contribution is 5.89. The van der Waals surface area contributed by atoms with Gasteiger partial charge in [0.15, 0.2) is 5.60 Å². The van der Waals surface area contributed by atoms with Gasteiger partial charge in [-0.25, -0.2) is 4.79 Å². The minimum atomic E-state index is -6.33. The number of esters is 1. The highest BCUT2D eigenvalue weighted by atomic mass is 19.4. The van der Waals surface area contributed by atoms with Crippen molar-refractivity contribution in [2.45, 2.75) is 36.6 Å². The zero-order chi connectivity index (χ0) is 19.1. The Morgan fingerprint density at radius 1 is 1.00 bits per heavy atom. The van der Waals surface area contributed by atoms with E-state index in [9.17, 15) is 45.0 Å². The van der Waals surface area contributed by atoms with E-state index in [4.69, 9.17) is 10.2 Å². The normalized spacial score (nSPS) is 16.7. The van der Waals surface area contributed by atoms with Gasteiger partial charge < -0.3 is 20.1 Å². The average Bonchev–Trinajstić information content (AvgIpc) is 2.32. The van der Waals surface area contributed by atoms with E-state index < -0.39 is 47.8 Å². The molecule has 5 nitrogen and oxygen atoms in total. The van der Waals surface area contributed by atoms with Crippen LogP contribution in [0.5, 0.6) is 0 Å². The van der Waals surface area contributed by atoms with E-state index in [0.717, 1.165) is 0 Å². The molecule has 0 heterocycles. The molecule has 0 bridgehead atoms. The molecule has 0 rings (SSSR count). The Hall–Kier alpha value is -1.47. The van der Waals surface area contributed by atoms with Gasteiger partial charge in [-0.05, 0) is 6.92 Å². The summed E-state index contributed by atoms with van der Waals surface area (Å²) in [6.07, 6.45) is -11.6. The van der Waals surface area contributed by atoms with Crippen molar-refractivity contribution in [3.8, 4) is 0 Å². The van der Waals surface area contributed by atoms with Crippen LogP contribution in [0.4, 0.5) is 35.1 Å². The monoisotopic (exact) mass is 362 g/mol. The fraction of sp³-hybridized carbons (Fsp3) is 0.700. The lowest BCUT2D eigenvalue weighted by Crippen LogP contribution is -2.69. The molecular weight excluding hydrogens is 352 g/mol. The molecule has 0 saturated carbocycles. The van der Waals surface area contributed by atoms with Crippen LogP contribution in [0, 0.1) is 0 Å². The Bertz CT molecular complexity index is 477. The van der Waals surface area contributed by atoms with Crippen molar-refractivity contribution >= 4 is 5.97 Å². The number of aliphatic hydroxyl groups is 3. The molecule has 0 aromatic carbocycles. The van der Waals surface area contributed by atoms with Gasteiger partial charge in [-0.15, -0.1) is 0 Å². The number of carbonyl (C=O) groups excluding carboxylic acids is 1. The molecule has 0 amide bonds. The second kappa shape index (κ2) is 5.87. The Morgan fingerprint density at radius 2 is 1.39 bits per heavy atom. The van der Waals surface area contributed by atoms with Crippen molar-refractivity contribution in [3.05, 3.63) is 12.2 Å². The van der Waals surface area contributed by atoms with Crippen LogP contribution in [0.2, 0.25) is 0 Å². The first kappa shape index (κ1) is 21.5. The van der Waals surface area contributed by atoms with Crippen LogP contribution in [-0.2, 0) is 9.53 Å². The molecule has 1 unspecified atom stereocenters. The molecule has 1 atom stereocenters. The predicted octanol–water partition coefficient (Wildman–Crippen LogP) is 1.28. The standard InChI is InChI=1S/C10H10F8O5/c1-4(7(11,12)13)5(19)23-3-6(2,20)8(14,15)9(21,22)10(16,17)18/h20-22H,1,3H2,2H3. The van der Waals surface area contributed by atoms with E-state index in [2.05, 4.69) is 11.3 Å². The maximum atomic E-state index is 13.5. The van der Waals surface area contributed by atoms with Crippen molar-refractivity contribution in [3.63, 3.8) is 0 Å². The van der Waals surface area contributed by atoms with Crippen LogP contribution in [0.3, 0.4) is 0 Å². The summed E-state index contributed by atoms with van der Waals surface area (Å²) in [4.78, 5) is 10.9. The van der Waals surface area contributed by atoms with Crippen molar-refractivity contribution in [1.29, 1.82) is 0 Å². The second-order valence-corrected chi connectivity index (χ2v) is 4.57. The summed E-state index contributed by atoms with van der Waals surface area (Å²) in [5.74, 6) is -13.9. The molecule has 0 radical (unpaired) electrons. The first-order valence-electron chi connectivity index (χ1n) is 5.34. The number of alkyl halides is 8. The molecule has 0 spiro atoms. The first-order chi connectivity index (χ1) is 9.79. The van der Waals surface area contributed by atoms with Crippen LogP contribution < -0.4 is 0 Å². The van der Waals surface area contributed by atoms with E-state index >= 15 is 0 Å². The fourth-order valence-electron chi connectivity index (χ4n) is 1.05. The molecule has 136 valence electrons. The first-order valence-corrected chi connectivity index (χ1v) is 5.34. The largest absolute Gasteiger partial charge is 0.459 e. The highest BCUT2D eigenvalue weighted by Gasteiger charge is 2.75. The lowest BCUT2D eigenvalue weighted by Gasteiger charge is -2.40. The van der Waals surface area contributed by atoms with Gasteiger partial charge in [-0.3, -0.25) is 0 Å². The van der Waals surface area contributed by atoms with Gasteiger partial charge in [-0.2, -0.15) is 35.1 Å². The zero-order valence-corrected chi connectivity index (χ0v) is 11.1. The Morgan fingerprint density at radius 3 is 1.70 bits per heavy atom. The number of halogens is 8. The molecule has 0 aromatic heterocycles. The molecule has 0 aromatic rings. The van der Waals surface area contributed by atoms with Crippen LogP contribution in [0.15, 0.2) is 12.2 Å². The fourth-order valence-corrected chi connectivity index (χ4v) is 1.05. The molecule has 0 aliphatic carbocycles. The summed E-state index contributed by atoms with van der Waals surface area (Å²) in [7, 11) is 0. The minimum Gasteiger partial charge on any atom is -0.459 e. The third-order valence-electron chi connectivity index (χ3n) is 2.58. The highest BCUT2D eigenvalue weighted by Crippen LogP contribution is 2.46. The van der Waals surface area contributed by atoms with Crippen molar-refractivity contribution in [2.24, 2.45) is 0 Å². The van der Waals surface area contributed by atoms with Crippen LogP contribution in [0.25, 0.3) is 0 Å². The molecule has 0 aliphatic rings. The van der Waals surface area contributed by atoms with Gasteiger partial charge in [0.05, 0.1) is 0 Å².